The molecule has 0 aromatic heterocycles. The Morgan fingerprint density at radius 3 is 2.17 bits per heavy atom. The van der Waals surface area contributed by atoms with Crippen LogP contribution in [-0.2, 0) is 26.1 Å². The molecule has 0 bridgehead atoms. The molecule has 0 rings (SSSR count). The fourth-order valence-electron chi connectivity index (χ4n) is 0.121. The van der Waals surface area contributed by atoms with Crippen molar-refractivity contribution in [2.75, 3.05) is 0 Å². The zero-order valence-electron chi connectivity index (χ0n) is 3.39. The number of hydrogen-bond acceptors (Lipinski definition) is 0. The van der Waals surface area contributed by atoms with Gasteiger partial charge in [-0.15, -0.1) is 0 Å². The Morgan fingerprint density at radius 2 is 2.00 bits per heavy atom. The van der Waals surface area contributed by atoms with Gasteiger partial charge in [0.15, 0.2) is 0 Å². The molecule has 0 fully saturated rings. The fraction of sp³-hybridized carbons (Fsp3) is 0. The third-order valence-electron chi connectivity index (χ3n) is 0.320. The van der Waals surface area contributed by atoms with Crippen LogP contribution in [-0.4, -0.2) is 0 Å². The molecule has 0 N–H and O–H groups in total. The first kappa shape index (κ1) is 7.15. The second kappa shape index (κ2) is 6.15. The van der Waals surface area contributed by atoms with Crippen LogP contribution in [0.1, 0.15) is 0 Å². The Kier molecular flexibility index (Phi) is 7.32. The van der Waals surface area contributed by atoms with Crippen LogP contribution in [0.4, 0.5) is 0 Å². The summed E-state index contributed by atoms with van der Waals surface area (Å²) in [4.78, 5) is 0. The van der Waals surface area contributed by atoms with Crippen molar-refractivity contribution >= 4 is 0 Å². The molecule has 0 nitrogen and oxygen atoms in total. The van der Waals surface area contributed by atoms with E-state index >= 15 is 0 Å². The van der Waals surface area contributed by atoms with Crippen LogP contribution in [0.2, 0.25) is 0 Å². The van der Waals surface area contributed by atoms with Gasteiger partial charge in [-0.1, -0.05) is 0 Å². The van der Waals surface area contributed by atoms with Gasteiger partial charge in [0.2, 0.25) is 0 Å². The van der Waals surface area contributed by atoms with Gasteiger partial charge in [-0.05, 0) is 0 Å². The second-order valence-electron chi connectivity index (χ2n) is 0.747. The van der Waals surface area contributed by atoms with Crippen LogP contribution < -0.4 is 22.6 Å². The first-order valence-corrected chi connectivity index (χ1v) is 6.05. The minimum absolute atomic E-state index is 0.837. The van der Waals surface area contributed by atoms with E-state index in [1.807, 2.05) is 10.2 Å². The minimum atomic E-state index is 0.837. The van der Waals surface area contributed by atoms with E-state index in [2.05, 4.69) is 32.3 Å². The van der Waals surface area contributed by atoms with Crippen molar-refractivity contribution in [1.29, 1.82) is 0 Å². The third-order valence-corrected chi connectivity index (χ3v) is 1.79. The second-order valence-corrected chi connectivity index (χ2v) is 3.30. The predicted molar refractivity (Wildman–Crippen MR) is 18.3 cm³/mol. The van der Waals surface area contributed by atoms with E-state index in [0.29, 0.717) is 0 Å². The molecule has 1 radical (unpaired) electrons. The molecular weight excluding hydrogens is 376 g/mol. The van der Waals surface area contributed by atoms with Crippen molar-refractivity contribution in [2.45, 2.75) is 0 Å². The molecule has 0 saturated carbocycles. The van der Waals surface area contributed by atoms with E-state index < -0.39 is 0 Å². The maximum absolute atomic E-state index is 2.20. The summed E-state index contributed by atoms with van der Waals surface area (Å²) < 4.78 is 4.19. The Labute approximate surface area is 67.8 Å². The molecule has 0 spiro atoms. The summed E-state index contributed by atoms with van der Waals surface area (Å²) in [5.41, 5.74) is 0. The van der Waals surface area contributed by atoms with Crippen LogP contribution in [0.5, 0.6) is 0 Å². The number of allylic oxidation sites excluding steroid dienone is 2. The van der Waals surface area contributed by atoms with Crippen LogP contribution in [0.3, 0.4) is 0 Å². The summed E-state index contributed by atoms with van der Waals surface area (Å²) in [6, 6.07) is 0. The third kappa shape index (κ3) is 5.15. The van der Waals surface area contributed by atoms with Crippen molar-refractivity contribution in [2.24, 2.45) is 0 Å². The van der Waals surface area contributed by atoms with Crippen LogP contribution in [0.25, 0.3) is 0 Å². The first-order valence-electron chi connectivity index (χ1n) is 1.63. The van der Waals surface area contributed by atoms with Crippen molar-refractivity contribution in [1.82, 2.24) is 0 Å². The summed E-state index contributed by atoms with van der Waals surface area (Å²) in [5, 5.41) is 0. The van der Waals surface area contributed by atoms with Gasteiger partial charge in [0, 0.05) is 0 Å². The topological polar surface area (TPSA) is 0 Å². The average Bonchev–Trinajstić information content (AvgIpc) is 1.61. The fourth-order valence-corrected chi connectivity index (χ4v) is 0.971. The molecule has 0 unspecified atom stereocenters. The SMILES string of the molecule is [I-]C=CC=[CH][Hg]. The molecule has 0 aromatic carbocycles. The molecule has 0 heterocycles. The molecule has 2 heteroatoms. The Bertz CT molecular complexity index is 55.9. The quantitative estimate of drug-likeness (QED) is 0.284. The van der Waals surface area contributed by atoms with Crippen LogP contribution in [0, 0.1) is 0 Å². The zero-order chi connectivity index (χ0) is 4.83. The van der Waals surface area contributed by atoms with Gasteiger partial charge in [0.05, 0.1) is 0 Å². The molecule has 0 aromatic rings. The van der Waals surface area contributed by atoms with Gasteiger partial charge in [-0.2, -0.15) is 0 Å². The summed E-state index contributed by atoms with van der Waals surface area (Å²) in [5.74, 6) is 0. The standard InChI is InChI=1S/C4H4I.Hg/c1-2-3-4-5;/h1-4H;/q-1;. The van der Waals surface area contributed by atoms with E-state index in [0.717, 1.165) is 26.1 Å². The van der Waals surface area contributed by atoms with Crippen molar-refractivity contribution in [3.63, 3.8) is 0 Å². The molecule has 0 aliphatic rings. The van der Waals surface area contributed by atoms with Crippen LogP contribution in [0.15, 0.2) is 19.8 Å². The molecular formula is C4H4HgI-. The van der Waals surface area contributed by atoms with E-state index in [9.17, 15) is 0 Å². The van der Waals surface area contributed by atoms with Gasteiger partial charge in [-0.3, -0.25) is 0 Å². The van der Waals surface area contributed by atoms with Crippen molar-refractivity contribution < 1.29 is 48.7 Å². The number of hydrogen-bond donors (Lipinski definition) is 0. The first-order chi connectivity index (χ1) is 2.91. The Balaban J connectivity index is 3.07. The summed E-state index contributed by atoms with van der Waals surface area (Å²) in [6.07, 6.45) is 4.11. The van der Waals surface area contributed by atoms with Gasteiger partial charge in [0.1, 0.15) is 0 Å². The number of rotatable bonds is 1. The van der Waals surface area contributed by atoms with E-state index in [-0.39, 0.29) is 0 Å². The molecule has 0 aliphatic heterocycles. The average molecular weight is 380 g/mol. The Hall–Kier alpha value is 1.15. The van der Waals surface area contributed by atoms with Crippen LogP contribution >= 0.6 is 0 Å². The van der Waals surface area contributed by atoms with E-state index in [1.165, 1.54) is 0 Å². The Morgan fingerprint density at radius 1 is 1.33 bits per heavy atom. The number of halogens is 1. The summed E-state index contributed by atoms with van der Waals surface area (Å²) in [7, 11) is 0. The maximum atomic E-state index is 2.20. The normalized spacial score (nSPS) is 11.8. The molecule has 0 saturated heterocycles. The van der Waals surface area contributed by atoms with E-state index in [4.69, 9.17) is 0 Å². The van der Waals surface area contributed by atoms with Gasteiger partial charge >= 0.3 is 68.5 Å². The van der Waals surface area contributed by atoms with Crippen molar-refractivity contribution in [3.8, 4) is 0 Å². The van der Waals surface area contributed by atoms with Gasteiger partial charge in [0.25, 0.3) is 0 Å². The van der Waals surface area contributed by atoms with Crippen molar-refractivity contribution in [3.05, 3.63) is 19.8 Å². The zero-order valence-corrected chi connectivity index (χ0v) is 11.0. The van der Waals surface area contributed by atoms with E-state index in [1.54, 1.807) is 0 Å². The summed E-state index contributed by atoms with van der Waals surface area (Å²) in [6.45, 7) is 0. The predicted octanol–water partition coefficient (Wildman–Crippen LogP) is -1.89. The molecule has 30 valence electrons. The molecule has 6 heavy (non-hydrogen) atoms. The van der Waals surface area contributed by atoms with Gasteiger partial charge in [-0.25, -0.2) is 0 Å². The molecule has 0 atom stereocenters. The summed E-state index contributed by atoms with van der Waals surface area (Å²) >= 11 is 3.04. The molecule has 0 amide bonds. The molecule has 0 aliphatic carbocycles. The monoisotopic (exact) mass is 381 g/mol. The van der Waals surface area contributed by atoms with Gasteiger partial charge < -0.3 is 0 Å².